The van der Waals surface area contributed by atoms with E-state index in [1.165, 1.54) is 6.92 Å². The number of halogens is 1. The van der Waals surface area contributed by atoms with Crippen molar-refractivity contribution in [2.45, 2.75) is 13.0 Å². The molecule has 0 saturated heterocycles. The highest BCUT2D eigenvalue weighted by molar-refractivity contribution is 9.09. The molecule has 4 heteroatoms. The Morgan fingerprint density at radius 3 is 2.78 bits per heavy atom. The van der Waals surface area contributed by atoms with Crippen LogP contribution in [0.4, 0.5) is 0 Å². The van der Waals surface area contributed by atoms with E-state index in [4.69, 9.17) is 9.84 Å². The summed E-state index contributed by atoms with van der Waals surface area (Å²) in [6, 6.07) is 0. The van der Waals surface area contributed by atoms with E-state index in [2.05, 4.69) is 15.9 Å². The van der Waals surface area contributed by atoms with Crippen LogP contribution in [-0.2, 0) is 9.53 Å². The molecular weight excluding hydrogens is 188 g/mol. The Hall–Kier alpha value is -0.0900. The van der Waals surface area contributed by atoms with Crippen LogP contribution in [0.25, 0.3) is 0 Å². The van der Waals surface area contributed by atoms with Crippen molar-refractivity contribution in [2.24, 2.45) is 0 Å². The molecule has 0 radical (unpaired) electrons. The molecule has 0 amide bonds. The lowest BCUT2D eigenvalue weighted by atomic mass is 10.4. The fraction of sp³-hybridized carbons (Fsp3) is 0.800. The van der Waals surface area contributed by atoms with Gasteiger partial charge in [0.1, 0.15) is 0 Å². The zero-order chi connectivity index (χ0) is 7.28. The van der Waals surface area contributed by atoms with Gasteiger partial charge in [0.05, 0.1) is 6.61 Å². The minimum Gasteiger partial charge on any atom is -0.479 e. The molecule has 1 N–H and O–H groups in total. The largest absolute Gasteiger partial charge is 0.479 e. The van der Waals surface area contributed by atoms with Crippen molar-refractivity contribution in [2.75, 3.05) is 11.9 Å². The third-order valence-electron chi connectivity index (χ3n) is 0.793. The van der Waals surface area contributed by atoms with Crippen molar-refractivity contribution in [1.29, 1.82) is 0 Å². The van der Waals surface area contributed by atoms with Crippen molar-refractivity contribution in [3.05, 3.63) is 0 Å². The minimum absolute atomic E-state index is 0.438. The molecule has 0 aliphatic carbocycles. The Morgan fingerprint density at radius 2 is 2.44 bits per heavy atom. The molecule has 0 fully saturated rings. The van der Waals surface area contributed by atoms with Crippen molar-refractivity contribution in [3.63, 3.8) is 0 Å². The van der Waals surface area contributed by atoms with E-state index in [-0.39, 0.29) is 0 Å². The first kappa shape index (κ1) is 8.91. The molecule has 0 aromatic rings. The standard InChI is InChI=1S/C5H9BrO3/c1-4(5(7)8)9-3-2-6/h4H,2-3H2,1H3,(H,7,8). The van der Waals surface area contributed by atoms with Gasteiger partial charge in [-0.2, -0.15) is 0 Å². The van der Waals surface area contributed by atoms with E-state index in [0.717, 1.165) is 0 Å². The van der Waals surface area contributed by atoms with Crippen LogP contribution in [0.1, 0.15) is 6.92 Å². The molecule has 0 aliphatic rings. The van der Waals surface area contributed by atoms with E-state index < -0.39 is 12.1 Å². The third-order valence-corrected chi connectivity index (χ3v) is 1.12. The fourth-order valence-electron chi connectivity index (χ4n) is 0.293. The average Bonchev–Trinajstić information content (AvgIpc) is 1.82. The molecule has 3 nitrogen and oxygen atoms in total. The number of ether oxygens (including phenoxy) is 1. The maximum absolute atomic E-state index is 10.1. The van der Waals surface area contributed by atoms with Gasteiger partial charge in [-0.15, -0.1) is 0 Å². The molecule has 0 rings (SSSR count). The molecule has 0 bridgehead atoms. The van der Waals surface area contributed by atoms with Gasteiger partial charge in [0.25, 0.3) is 0 Å². The van der Waals surface area contributed by atoms with Crippen molar-refractivity contribution in [3.8, 4) is 0 Å². The molecule has 1 unspecified atom stereocenters. The zero-order valence-electron chi connectivity index (χ0n) is 5.13. The molecule has 0 spiro atoms. The van der Waals surface area contributed by atoms with E-state index >= 15 is 0 Å². The molecule has 1 atom stereocenters. The topological polar surface area (TPSA) is 46.5 Å². The van der Waals surface area contributed by atoms with Crippen LogP contribution in [0.15, 0.2) is 0 Å². The van der Waals surface area contributed by atoms with Gasteiger partial charge in [-0.3, -0.25) is 0 Å². The summed E-state index contributed by atoms with van der Waals surface area (Å²) in [4.78, 5) is 10.1. The zero-order valence-corrected chi connectivity index (χ0v) is 6.72. The van der Waals surface area contributed by atoms with Gasteiger partial charge in [0.2, 0.25) is 0 Å². The summed E-state index contributed by atoms with van der Waals surface area (Å²) < 4.78 is 4.81. The van der Waals surface area contributed by atoms with Gasteiger partial charge in [-0.05, 0) is 6.92 Å². The lowest BCUT2D eigenvalue weighted by molar-refractivity contribution is -0.148. The quantitative estimate of drug-likeness (QED) is 0.680. The number of hydrogen-bond donors (Lipinski definition) is 1. The van der Waals surface area contributed by atoms with E-state index in [1.54, 1.807) is 0 Å². The monoisotopic (exact) mass is 196 g/mol. The Balaban J connectivity index is 3.27. The van der Waals surface area contributed by atoms with Crippen LogP contribution in [0, 0.1) is 0 Å². The predicted octanol–water partition coefficient (Wildman–Crippen LogP) is 0.871. The first-order valence-corrected chi connectivity index (χ1v) is 3.71. The fourth-order valence-corrected chi connectivity index (χ4v) is 0.480. The van der Waals surface area contributed by atoms with E-state index in [9.17, 15) is 4.79 Å². The Labute approximate surface area is 62.1 Å². The first-order chi connectivity index (χ1) is 4.18. The Bertz CT molecular complexity index is 94.2. The molecule has 0 aromatic heterocycles. The number of carbonyl (C=O) groups is 1. The summed E-state index contributed by atoms with van der Waals surface area (Å²) in [5.74, 6) is -0.920. The van der Waals surface area contributed by atoms with Crippen molar-refractivity contribution in [1.82, 2.24) is 0 Å². The number of alkyl halides is 1. The molecule has 0 saturated carbocycles. The summed E-state index contributed by atoms with van der Waals surface area (Å²) in [6.07, 6.45) is -0.692. The highest BCUT2D eigenvalue weighted by Gasteiger charge is 2.08. The van der Waals surface area contributed by atoms with Crippen molar-refractivity contribution < 1.29 is 14.6 Å². The summed E-state index contributed by atoms with van der Waals surface area (Å²) in [7, 11) is 0. The van der Waals surface area contributed by atoms with Gasteiger partial charge in [-0.1, -0.05) is 15.9 Å². The van der Waals surface area contributed by atoms with E-state index in [0.29, 0.717) is 11.9 Å². The molecule has 9 heavy (non-hydrogen) atoms. The van der Waals surface area contributed by atoms with Crippen LogP contribution in [-0.4, -0.2) is 29.1 Å². The number of aliphatic carboxylic acids is 1. The van der Waals surface area contributed by atoms with Gasteiger partial charge in [-0.25, -0.2) is 4.79 Å². The highest BCUT2D eigenvalue weighted by atomic mass is 79.9. The Morgan fingerprint density at radius 1 is 1.89 bits per heavy atom. The van der Waals surface area contributed by atoms with Crippen LogP contribution < -0.4 is 0 Å². The summed E-state index contributed by atoms with van der Waals surface area (Å²) in [5.41, 5.74) is 0. The van der Waals surface area contributed by atoms with Crippen LogP contribution in [0.3, 0.4) is 0 Å². The van der Waals surface area contributed by atoms with Gasteiger partial charge < -0.3 is 9.84 Å². The molecular formula is C5H9BrO3. The van der Waals surface area contributed by atoms with Crippen LogP contribution >= 0.6 is 15.9 Å². The second-order valence-corrected chi connectivity index (χ2v) is 2.33. The van der Waals surface area contributed by atoms with Gasteiger partial charge in [0, 0.05) is 5.33 Å². The smallest absolute Gasteiger partial charge is 0.332 e. The lowest BCUT2D eigenvalue weighted by Gasteiger charge is -2.04. The van der Waals surface area contributed by atoms with Crippen molar-refractivity contribution >= 4 is 21.9 Å². The van der Waals surface area contributed by atoms with Gasteiger partial charge >= 0.3 is 5.97 Å². The van der Waals surface area contributed by atoms with E-state index in [1.807, 2.05) is 0 Å². The normalized spacial score (nSPS) is 13.1. The second-order valence-electron chi connectivity index (χ2n) is 1.54. The predicted molar refractivity (Wildman–Crippen MR) is 36.8 cm³/mol. The summed E-state index contributed by atoms with van der Waals surface area (Å²) in [6.45, 7) is 1.94. The number of hydrogen-bond acceptors (Lipinski definition) is 2. The SMILES string of the molecule is CC(OCCBr)C(=O)O. The highest BCUT2D eigenvalue weighted by Crippen LogP contribution is 1.91. The lowest BCUT2D eigenvalue weighted by Crippen LogP contribution is -2.20. The average molecular weight is 197 g/mol. The molecule has 0 heterocycles. The number of rotatable bonds is 4. The Kier molecular flexibility index (Phi) is 4.71. The molecule has 0 aromatic carbocycles. The summed E-state index contributed by atoms with van der Waals surface area (Å²) in [5, 5.41) is 8.94. The number of carboxylic acid groups (broad SMARTS) is 1. The molecule has 0 aliphatic heterocycles. The maximum atomic E-state index is 10.1. The molecule has 54 valence electrons. The second kappa shape index (κ2) is 4.76. The number of carboxylic acids is 1. The minimum atomic E-state index is -0.920. The van der Waals surface area contributed by atoms with Crippen LogP contribution in [0.2, 0.25) is 0 Å². The summed E-state index contributed by atoms with van der Waals surface area (Å²) >= 11 is 3.11. The van der Waals surface area contributed by atoms with Crippen LogP contribution in [0.5, 0.6) is 0 Å². The third kappa shape index (κ3) is 4.42. The first-order valence-electron chi connectivity index (χ1n) is 2.59. The van der Waals surface area contributed by atoms with Gasteiger partial charge in [0.15, 0.2) is 6.10 Å². The maximum Gasteiger partial charge on any atom is 0.332 e.